The molecule has 0 unspecified atom stereocenters. The van der Waals surface area contributed by atoms with Crippen LogP contribution in [0.15, 0.2) is 150 Å². The number of hydrogen-bond donors (Lipinski definition) is 0. The van der Waals surface area contributed by atoms with Crippen molar-refractivity contribution in [1.29, 1.82) is 0 Å². The van der Waals surface area contributed by atoms with E-state index in [4.69, 9.17) is 4.42 Å². The minimum Gasteiger partial charge on any atom is -0.468 e. The smallest absolute Gasteiger partial charge is 0.297 e. The Morgan fingerprint density at radius 2 is 1.06 bits per heavy atom. The summed E-state index contributed by atoms with van der Waals surface area (Å²) < 4.78 is 12.8. The number of furan rings is 1. The SMILES string of the molecule is CC(C)(C)c1cc2c3c(c1)N1c4c(cc(C(C)(C)C)cc4-n4c5ccc(C(C)(C)C)cc5c5cc(C(C)(C)C)cc1c54)B3c1oc3ccc(-c4ccccc4)cc3c1N2c1ccc2c(c1)sc1ccccc12. The molecule has 0 fully saturated rings. The van der Waals surface area contributed by atoms with Crippen LogP contribution in [0, 0.1) is 0 Å². The number of thiophene rings is 1. The van der Waals surface area contributed by atoms with E-state index >= 15 is 0 Å². The van der Waals surface area contributed by atoms with E-state index in [-0.39, 0.29) is 28.4 Å². The maximum absolute atomic E-state index is 7.55. The summed E-state index contributed by atoms with van der Waals surface area (Å²) in [6, 6.07) is 56.0. The molecule has 3 aliphatic rings. The van der Waals surface area contributed by atoms with Gasteiger partial charge in [-0.15, -0.1) is 11.3 Å². The van der Waals surface area contributed by atoms with Crippen molar-refractivity contribution in [3.05, 3.63) is 168 Å². The predicted octanol–water partition coefficient (Wildman–Crippen LogP) is 17.2. The van der Waals surface area contributed by atoms with Crippen molar-refractivity contribution in [2.75, 3.05) is 9.80 Å². The van der Waals surface area contributed by atoms with Gasteiger partial charge in [-0.05, 0) is 139 Å². The Balaban J connectivity index is 1.16. The Hall–Kier alpha value is -7.02. The third-order valence-corrected chi connectivity index (χ3v) is 17.4. The topological polar surface area (TPSA) is 24.6 Å². The second kappa shape index (κ2) is 14.4. The molecule has 0 spiro atoms. The van der Waals surface area contributed by atoms with Gasteiger partial charge in [0.05, 0.1) is 39.4 Å². The highest BCUT2D eigenvalue weighted by molar-refractivity contribution is 7.25. The second-order valence-corrected chi connectivity index (χ2v) is 26.2. The molecule has 0 N–H and O–H groups in total. The van der Waals surface area contributed by atoms with Crippen molar-refractivity contribution in [2.24, 2.45) is 0 Å². The minimum atomic E-state index is -0.194. The van der Waals surface area contributed by atoms with E-state index in [2.05, 4.69) is 243 Å². The molecule has 0 radical (unpaired) electrons. The standard InChI is InChI=1S/C66H60BN3OS/c1-63(2,3)39-23-26-50-46(29-39)47-30-40(64(4,5)6)34-53-59(47)69(50)54-35-41(65(7,8)9)31-49-61(54)70(53)52-33-42(66(10,11)12)32-51-58(52)67(49)62-60(48-28-38(22-27-55(48)71-62)37-18-14-13-15-19-37)68(51)43-24-25-45-44-20-16-17-21-56(44)72-57(45)36-43/h13-36H,1-12H3. The summed E-state index contributed by atoms with van der Waals surface area (Å²) >= 11 is 1.88. The van der Waals surface area contributed by atoms with E-state index in [0.29, 0.717) is 0 Å². The molecule has 0 saturated heterocycles. The molecule has 0 saturated carbocycles. The summed E-state index contributed by atoms with van der Waals surface area (Å²) in [6.45, 7) is 28.1. The van der Waals surface area contributed by atoms with E-state index in [1.54, 1.807) is 0 Å². The van der Waals surface area contributed by atoms with Crippen LogP contribution in [0.1, 0.15) is 105 Å². The fourth-order valence-electron chi connectivity index (χ4n) is 12.3. The Kier molecular flexibility index (Phi) is 8.72. The van der Waals surface area contributed by atoms with Gasteiger partial charge < -0.3 is 18.8 Å². The molecule has 354 valence electrons. The highest BCUT2D eigenvalue weighted by atomic mass is 32.1. The highest BCUT2D eigenvalue weighted by Gasteiger charge is 2.50. The van der Waals surface area contributed by atoms with Crippen LogP contribution in [-0.2, 0) is 21.7 Å². The summed E-state index contributed by atoms with van der Waals surface area (Å²) in [5.74, 6) is 0. The van der Waals surface area contributed by atoms with E-state index in [0.717, 1.165) is 28.0 Å². The lowest BCUT2D eigenvalue weighted by Gasteiger charge is -2.46. The number of rotatable bonds is 2. The van der Waals surface area contributed by atoms with Crippen molar-refractivity contribution < 1.29 is 4.42 Å². The Bertz CT molecular complexity index is 4160. The van der Waals surface area contributed by atoms with Gasteiger partial charge in [0, 0.05) is 53.4 Å². The molecule has 0 bridgehead atoms. The quantitative estimate of drug-likeness (QED) is 0.161. The molecule has 8 aromatic carbocycles. The van der Waals surface area contributed by atoms with Gasteiger partial charge in [0.2, 0.25) is 0 Å². The molecule has 72 heavy (non-hydrogen) atoms. The van der Waals surface area contributed by atoms with Crippen molar-refractivity contribution in [2.45, 2.75) is 105 Å². The summed E-state index contributed by atoms with van der Waals surface area (Å²) in [7, 11) is 0. The van der Waals surface area contributed by atoms with Crippen molar-refractivity contribution in [3.63, 3.8) is 0 Å². The number of aromatic nitrogens is 1. The lowest BCUT2D eigenvalue weighted by molar-refractivity contribution is 0.589. The lowest BCUT2D eigenvalue weighted by atomic mass is 9.35. The summed E-state index contributed by atoms with van der Waals surface area (Å²) in [6.07, 6.45) is 0. The first-order chi connectivity index (χ1) is 34.2. The molecule has 4 nitrogen and oxygen atoms in total. The van der Waals surface area contributed by atoms with Crippen LogP contribution in [0.25, 0.3) is 69.8 Å². The number of nitrogens with zero attached hydrogens (tertiary/aromatic N) is 3. The molecule has 11 aromatic rings. The van der Waals surface area contributed by atoms with E-state index in [1.165, 1.54) is 115 Å². The predicted molar refractivity (Wildman–Crippen MR) is 311 cm³/mol. The molecule has 3 aromatic heterocycles. The van der Waals surface area contributed by atoms with Crippen molar-refractivity contribution in [1.82, 2.24) is 4.57 Å². The highest BCUT2D eigenvalue weighted by Crippen LogP contribution is 2.56. The number of benzene rings is 8. The first kappa shape index (κ1) is 43.7. The molecular formula is C66H60BN3OS. The number of anilines is 6. The first-order valence-electron chi connectivity index (χ1n) is 25.9. The fourth-order valence-corrected chi connectivity index (χ4v) is 13.4. The van der Waals surface area contributed by atoms with Gasteiger partial charge in [0.1, 0.15) is 5.58 Å². The van der Waals surface area contributed by atoms with Gasteiger partial charge >= 0.3 is 0 Å². The minimum absolute atomic E-state index is 0.00656. The maximum atomic E-state index is 7.55. The molecule has 3 aliphatic heterocycles. The van der Waals surface area contributed by atoms with E-state index in [1.807, 2.05) is 11.3 Å². The molecule has 6 heterocycles. The third-order valence-electron chi connectivity index (χ3n) is 16.2. The molecule has 0 aliphatic carbocycles. The van der Waals surface area contributed by atoms with Gasteiger partial charge in [-0.3, -0.25) is 0 Å². The number of hydrogen-bond acceptors (Lipinski definition) is 4. The van der Waals surface area contributed by atoms with Gasteiger partial charge in [-0.25, -0.2) is 0 Å². The molecule has 14 rings (SSSR count). The fraction of sp³-hybridized carbons (Fsp3) is 0.242. The van der Waals surface area contributed by atoms with Gasteiger partial charge in [-0.1, -0.05) is 156 Å². The largest absolute Gasteiger partial charge is 0.468 e. The van der Waals surface area contributed by atoms with Crippen LogP contribution >= 0.6 is 11.3 Å². The molecular weight excluding hydrogens is 894 g/mol. The van der Waals surface area contributed by atoms with Crippen LogP contribution in [0.5, 0.6) is 0 Å². The summed E-state index contributed by atoms with van der Waals surface area (Å²) in [5, 5.41) is 6.33. The zero-order chi connectivity index (χ0) is 49.7. The van der Waals surface area contributed by atoms with Crippen molar-refractivity contribution in [3.8, 4) is 16.8 Å². The van der Waals surface area contributed by atoms with Gasteiger partial charge in [-0.2, -0.15) is 0 Å². The third kappa shape index (κ3) is 6.11. The van der Waals surface area contributed by atoms with Crippen LogP contribution in [-0.4, -0.2) is 11.3 Å². The molecule has 0 atom stereocenters. The van der Waals surface area contributed by atoms with Crippen LogP contribution in [0.2, 0.25) is 0 Å². The number of fused-ring (bicyclic) bond motifs is 14. The van der Waals surface area contributed by atoms with Gasteiger partial charge in [0.25, 0.3) is 6.71 Å². The van der Waals surface area contributed by atoms with E-state index in [9.17, 15) is 0 Å². The van der Waals surface area contributed by atoms with E-state index < -0.39 is 0 Å². The maximum Gasteiger partial charge on any atom is 0.297 e. The summed E-state index contributed by atoms with van der Waals surface area (Å²) in [4.78, 5) is 5.28. The average molecular weight is 954 g/mol. The normalized spacial score (nSPS) is 14.3. The average Bonchev–Trinajstić information content (AvgIpc) is 4.01. The molecule has 6 heteroatoms. The van der Waals surface area contributed by atoms with Gasteiger partial charge in [0.15, 0.2) is 0 Å². The zero-order valence-electron chi connectivity index (χ0n) is 43.6. The van der Waals surface area contributed by atoms with Crippen LogP contribution in [0.4, 0.5) is 34.1 Å². The Morgan fingerprint density at radius 1 is 0.431 bits per heavy atom. The Morgan fingerprint density at radius 3 is 1.79 bits per heavy atom. The van der Waals surface area contributed by atoms with Crippen molar-refractivity contribution >= 4 is 122 Å². The zero-order valence-corrected chi connectivity index (χ0v) is 44.4. The van der Waals surface area contributed by atoms with Crippen LogP contribution in [0.3, 0.4) is 0 Å². The monoisotopic (exact) mass is 953 g/mol. The second-order valence-electron chi connectivity index (χ2n) is 25.1. The Labute approximate surface area is 427 Å². The lowest BCUT2D eigenvalue weighted by Crippen LogP contribution is -2.61. The summed E-state index contributed by atoms with van der Waals surface area (Å²) in [5.41, 5.74) is 22.6. The first-order valence-corrected chi connectivity index (χ1v) is 26.7. The molecule has 0 amide bonds. The van der Waals surface area contributed by atoms with Crippen LogP contribution < -0.4 is 26.4 Å².